The number of rotatable bonds is 3. The summed E-state index contributed by atoms with van der Waals surface area (Å²) in [6.07, 6.45) is 0.793. The summed E-state index contributed by atoms with van der Waals surface area (Å²) in [4.78, 5) is 2.41. The third-order valence-electron chi connectivity index (χ3n) is 3.38. The summed E-state index contributed by atoms with van der Waals surface area (Å²) >= 11 is 5.59. The standard InChI is InChI=1S/C14H20BrNOS/c1-3-12-9-16(6-7-18-12)14-8-11(15)4-5-13(14)10(2)17/h4-5,8,10,12,17H,3,6-7,9H2,1-2H3. The van der Waals surface area contributed by atoms with E-state index in [0.717, 1.165) is 23.1 Å². The van der Waals surface area contributed by atoms with Gasteiger partial charge in [0.15, 0.2) is 0 Å². The largest absolute Gasteiger partial charge is 0.389 e. The minimum absolute atomic E-state index is 0.414. The molecule has 2 unspecified atom stereocenters. The first-order chi connectivity index (χ1) is 8.61. The fourth-order valence-corrected chi connectivity index (χ4v) is 3.86. The zero-order chi connectivity index (χ0) is 13.1. The first-order valence-corrected chi connectivity index (χ1v) is 8.30. The molecule has 1 heterocycles. The quantitative estimate of drug-likeness (QED) is 0.911. The number of aliphatic hydroxyl groups is 1. The van der Waals surface area contributed by atoms with Crippen molar-refractivity contribution in [1.82, 2.24) is 0 Å². The zero-order valence-corrected chi connectivity index (χ0v) is 13.3. The third kappa shape index (κ3) is 3.22. The summed E-state index contributed by atoms with van der Waals surface area (Å²) in [6, 6.07) is 6.15. The fraction of sp³-hybridized carbons (Fsp3) is 0.571. The van der Waals surface area contributed by atoms with E-state index in [1.807, 2.05) is 19.1 Å². The molecule has 1 N–H and O–H groups in total. The Labute approximate surface area is 122 Å². The maximum Gasteiger partial charge on any atom is 0.0782 e. The number of anilines is 1. The van der Waals surface area contributed by atoms with E-state index in [9.17, 15) is 5.11 Å². The maximum absolute atomic E-state index is 9.90. The molecule has 0 aromatic heterocycles. The smallest absolute Gasteiger partial charge is 0.0782 e. The van der Waals surface area contributed by atoms with Crippen molar-refractivity contribution in [2.45, 2.75) is 31.6 Å². The van der Waals surface area contributed by atoms with Gasteiger partial charge in [0.05, 0.1) is 6.10 Å². The van der Waals surface area contributed by atoms with Gasteiger partial charge in [-0.15, -0.1) is 0 Å². The first-order valence-electron chi connectivity index (χ1n) is 6.46. The van der Waals surface area contributed by atoms with Gasteiger partial charge in [-0.25, -0.2) is 0 Å². The van der Waals surface area contributed by atoms with Crippen molar-refractivity contribution in [1.29, 1.82) is 0 Å². The average molecular weight is 330 g/mol. The van der Waals surface area contributed by atoms with E-state index in [1.165, 1.54) is 17.9 Å². The monoisotopic (exact) mass is 329 g/mol. The minimum atomic E-state index is -0.414. The molecule has 0 aliphatic carbocycles. The number of hydrogen-bond donors (Lipinski definition) is 1. The molecule has 18 heavy (non-hydrogen) atoms. The highest BCUT2D eigenvalue weighted by molar-refractivity contribution is 9.10. The Morgan fingerprint density at radius 2 is 2.33 bits per heavy atom. The van der Waals surface area contributed by atoms with Crippen LogP contribution >= 0.6 is 27.7 Å². The molecule has 2 rings (SSSR count). The molecule has 100 valence electrons. The summed E-state index contributed by atoms with van der Waals surface area (Å²) in [5, 5.41) is 10.6. The molecule has 1 fully saturated rings. The lowest BCUT2D eigenvalue weighted by atomic mass is 10.1. The molecule has 1 aliphatic heterocycles. The highest BCUT2D eigenvalue weighted by atomic mass is 79.9. The Morgan fingerprint density at radius 1 is 1.56 bits per heavy atom. The van der Waals surface area contributed by atoms with Crippen LogP contribution in [0.2, 0.25) is 0 Å². The lowest BCUT2D eigenvalue weighted by Gasteiger charge is -2.35. The molecule has 1 aromatic rings. The predicted molar refractivity (Wildman–Crippen MR) is 83.5 cm³/mol. The van der Waals surface area contributed by atoms with Crippen molar-refractivity contribution in [2.75, 3.05) is 23.7 Å². The van der Waals surface area contributed by atoms with Gasteiger partial charge in [-0.05, 0) is 25.5 Å². The van der Waals surface area contributed by atoms with Crippen LogP contribution in [0.4, 0.5) is 5.69 Å². The number of nitrogens with zero attached hydrogens (tertiary/aromatic N) is 1. The maximum atomic E-state index is 9.90. The molecule has 1 aromatic carbocycles. The van der Waals surface area contributed by atoms with Crippen LogP contribution in [0.5, 0.6) is 0 Å². The lowest BCUT2D eigenvalue weighted by Crippen LogP contribution is -2.38. The molecular weight excluding hydrogens is 310 g/mol. The molecule has 0 amide bonds. The van der Waals surface area contributed by atoms with E-state index in [4.69, 9.17) is 0 Å². The van der Waals surface area contributed by atoms with Crippen molar-refractivity contribution < 1.29 is 5.11 Å². The lowest BCUT2D eigenvalue weighted by molar-refractivity contribution is 0.199. The van der Waals surface area contributed by atoms with Gasteiger partial charge in [0.1, 0.15) is 0 Å². The number of halogens is 1. The van der Waals surface area contributed by atoms with Crippen molar-refractivity contribution in [3.8, 4) is 0 Å². The molecule has 0 bridgehead atoms. The highest BCUT2D eigenvalue weighted by Crippen LogP contribution is 2.33. The van der Waals surface area contributed by atoms with Crippen LogP contribution in [0.3, 0.4) is 0 Å². The van der Waals surface area contributed by atoms with Gasteiger partial charge < -0.3 is 10.0 Å². The molecule has 4 heteroatoms. The molecule has 2 nitrogen and oxygen atoms in total. The molecule has 1 saturated heterocycles. The van der Waals surface area contributed by atoms with Crippen LogP contribution in [0.15, 0.2) is 22.7 Å². The van der Waals surface area contributed by atoms with Gasteiger partial charge in [0, 0.05) is 39.8 Å². The first kappa shape index (κ1) is 14.2. The van der Waals surface area contributed by atoms with Crippen molar-refractivity contribution >= 4 is 33.4 Å². The van der Waals surface area contributed by atoms with Crippen LogP contribution in [-0.4, -0.2) is 29.2 Å². The molecule has 0 spiro atoms. The third-order valence-corrected chi connectivity index (χ3v) is 5.24. The van der Waals surface area contributed by atoms with E-state index in [0.29, 0.717) is 5.25 Å². The van der Waals surface area contributed by atoms with Crippen molar-refractivity contribution in [2.24, 2.45) is 0 Å². The number of thioether (sulfide) groups is 1. The summed E-state index contributed by atoms with van der Waals surface area (Å²) in [6.45, 7) is 6.23. The van der Waals surface area contributed by atoms with Gasteiger partial charge in [-0.1, -0.05) is 28.9 Å². The summed E-state index contributed by atoms with van der Waals surface area (Å²) in [5.74, 6) is 1.17. The summed E-state index contributed by atoms with van der Waals surface area (Å²) in [5.41, 5.74) is 2.21. The Morgan fingerprint density at radius 3 is 3.00 bits per heavy atom. The SMILES string of the molecule is CCC1CN(c2cc(Br)ccc2C(C)O)CCS1. The van der Waals surface area contributed by atoms with E-state index in [1.54, 1.807) is 0 Å². The Bertz CT molecular complexity index is 411. The van der Waals surface area contributed by atoms with Gasteiger partial charge in [-0.3, -0.25) is 0 Å². The van der Waals surface area contributed by atoms with E-state index >= 15 is 0 Å². The van der Waals surface area contributed by atoms with Gasteiger partial charge in [-0.2, -0.15) is 11.8 Å². The number of benzene rings is 1. The zero-order valence-electron chi connectivity index (χ0n) is 10.9. The van der Waals surface area contributed by atoms with Crippen molar-refractivity contribution in [3.63, 3.8) is 0 Å². The second-order valence-corrected chi connectivity index (χ2v) is 7.05. The highest BCUT2D eigenvalue weighted by Gasteiger charge is 2.22. The number of hydrogen-bond acceptors (Lipinski definition) is 3. The van der Waals surface area contributed by atoms with E-state index in [2.05, 4.69) is 45.6 Å². The van der Waals surface area contributed by atoms with Crippen LogP contribution in [0, 0.1) is 0 Å². The Hall–Kier alpha value is -0.190. The van der Waals surface area contributed by atoms with E-state index in [-0.39, 0.29) is 0 Å². The second-order valence-electron chi connectivity index (χ2n) is 4.73. The van der Waals surface area contributed by atoms with Crippen LogP contribution in [0.1, 0.15) is 31.9 Å². The predicted octanol–water partition coefficient (Wildman–Crippen LogP) is 3.83. The topological polar surface area (TPSA) is 23.5 Å². The Kier molecular flexibility index (Phi) is 4.98. The molecule has 0 radical (unpaired) electrons. The average Bonchev–Trinajstić information content (AvgIpc) is 2.38. The molecule has 2 atom stereocenters. The van der Waals surface area contributed by atoms with Crippen LogP contribution < -0.4 is 4.90 Å². The fourth-order valence-electron chi connectivity index (χ4n) is 2.33. The normalized spacial score (nSPS) is 22.0. The summed E-state index contributed by atoms with van der Waals surface area (Å²) < 4.78 is 1.08. The van der Waals surface area contributed by atoms with Gasteiger partial charge in [0.25, 0.3) is 0 Å². The van der Waals surface area contributed by atoms with Crippen molar-refractivity contribution in [3.05, 3.63) is 28.2 Å². The second kappa shape index (κ2) is 6.31. The molecule has 1 aliphatic rings. The minimum Gasteiger partial charge on any atom is -0.389 e. The van der Waals surface area contributed by atoms with Gasteiger partial charge >= 0.3 is 0 Å². The number of aliphatic hydroxyl groups excluding tert-OH is 1. The van der Waals surface area contributed by atoms with Crippen LogP contribution in [0.25, 0.3) is 0 Å². The molecular formula is C14H20BrNOS. The summed E-state index contributed by atoms with van der Waals surface area (Å²) in [7, 11) is 0. The Balaban J connectivity index is 2.28. The van der Waals surface area contributed by atoms with E-state index < -0.39 is 6.10 Å². The van der Waals surface area contributed by atoms with Crippen LogP contribution in [-0.2, 0) is 0 Å². The molecule has 0 saturated carbocycles. The van der Waals surface area contributed by atoms with Gasteiger partial charge in [0.2, 0.25) is 0 Å².